The molecule has 0 spiro atoms. The molecule has 1 fully saturated rings. The van der Waals surface area contributed by atoms with Crippen LogP contribution in [-0.2, 0) is 16.0 Å². The van der Waals surface area contributed by atoms with Crippen molar-refractivity contribution in [2.24, 2.45) is 5.92 Å². The van der Waals surface area contributed by atoms with Crippen molar-refractivity contribution in [2.45, 2.75) is 33.6 Å². The number of amides is 2. The molecule has 2 aromatic rings. The molecule has 0 aromatic heterocycles. The highest BCUT2D eigenvalue weighted by Gasteiger charge is 2.35. The first-order chi connectivity index (χ1) is 12.0. The lowest BCUT2D eigenvalue weighted by molar-refractivity contribution is -0.122. The van der Waals surface area contributed by atoms with Gasteiger partial charge in [-0.05, 0) is 55.2 Å². The van der Waals surface area contributed by atoms with Crippen molar-refractivity contribution in [3.05, 3.63) is 59.2 Å². The van der Waals surface area contributed by atoms with Crippen LogP contribution in [0, 0.1) is 19.8 Å². The maximum absolute atomic E-state index is 12.6. The molecule has 0 unspecified atom stereocenters. The van der Waals surface area contributed by atoms with Gasteiger partial charge in [0.1, 0.15) is 0 Å². The summed E-state index contributed by atoms with van der Waals surface area (Å²) in [5.74, 6) is -0.400. The van der Waals surface area contributed by atoms with Crippen molar-refractivity contribution in [2.75, 3.05) is 16.8 Å². The van der Waals surface area contributed by atoms with Crippen molar-refractivity contribution >= 4 is 23.2 Å². The minimum atomic E-state index is -0.322. The van der Waals surface area contributed by atoms with Gasteiger partial charge in [0.25, 0.3) is 0 Å². The van der Waals surface area contributed by atoms with E-state index in [1.807, 2.05) is 56.3 Å². The van der Waals surface area contributed by atoms with E-state index in [9.17, 15) is 9.59 Å². The van der Waals surface area contributed by atoms with Gasteiger partial charge in [0.05, 0.1) is 5.92 Å². The Bertz CT molecular complexity index is 813. The summed E-state index contributed by atoms with van der Waals surface area (Å²) in [6, 6.07) is 13.8. The van der Waals surface area contributed by atoms with Gasteiger partial charge in [-0.2, -0.15) is 0 Å². The quantitative estimate of drug-likeness (QED) is 0.922. The molecule has 3 rings (SSSR count). The van der Waals surface area contributed by atoms with E-state index >= 15 is 0 Å². The van der Waals surface area contributed by atoms with Crippen molar-refractivity contribution in [1.82, 2.24) is 0 Å². The third-order valence-corrected chi connectivity index (χ3v) is 4.97. The first-order valence-electron chi connectivity index (χ1n) is 8.76. The summed E-state index contributed by atoms with van der Waals surface area (Å²) in [6.45, 7) is 6.56. The van der Waals surface area contributed by atoms with Gasteiger partial charge in [0, 0.05) is 24.3 Å². The van der Waals surface area contributed by atoms with Crippen LogP contribution in [0.1, 0.15) is 30.0 Å². The second-order valence-electron chi connectivity index (χ2n) is 6.67. The standard InChI is InChI=1S/C21H24N2O2/c1-4-16-8-6-9-18(11-16)22-21(25)17-12-20(24)23(13-17)19-10-5-7-14(2)15(19)3/h5-11,17H,4,12-13H2,1-3H3,(H,22,25)/t17-/m1/s1. The Kier molecular flexibility index (Phi) is 4.88. The van der Waals surface area contributed by atoms with Crippen molar-refractivity contribution in [3.8, 4) is 0 Å². The fraction of sp³-hybridized carbons (Fsp3) is 0.333. The summed E-state index contributed by atoms with van der Waals surface area (Å²) in [4.78, 5) is 26.8. The normalized spacial score (nSPS) is 17.0. The fourth-order valence-electron chi connectivity index (χ4n) is 3.26. The summed E-state index contributed by atoms with van der Waals surface area (Å²) in [7, 11) is 0. The Morgan fingerprint density at radius 3 is 2.72 bits per heavy atom. The Morgan fingerprint density at radius 1 is 1.20 bits per heavy atom. The Morgan fingerprint density at radius 2 is 1.96 bits per heavy atom. The van der Waals surface area contributed by atoms with Crippen molar-refractivity contribution in [3.63, 3.8) is 0 Å². The average Bonchev–Trinajstić information content (AvgIpc) is 2.99. The van der Waals surface area contributed by atoms with Crippen molar-refractivity contribution in [1.29, 1.82) is 0 Å². The number of nitrogens with zero attached hydrogens (tertiary/aromatic N) is 1. The predicted octanol–water partition coefficient (Wildman–Crippen LogP) is 3.86. The fourth-order valence-corrected chi connectivity index (χ4v) is 3.26. The molecule has 1 aliphatic heterocycles. The summed E-state index contributed by atoms with van der Waals surface area (Å²) >= 11 is 0. The first kappa shape index (κ1) is 17.2. The van der Waals surface area contributed by atoms with E-state index < -0.39 is 0 Å². The molecule has 4 nitrogen and oxygen atoms in total. The third-order valence-electron chi connectivity index (χ3n) is 4.97. The van der Waals surface area contributed by atoms with Crippen LogP contribution < -0.4 is 10.2 Å². The van der Waals surface area contributed by atoms with E-state index in [0.29, 0.717) is 6.54 Å². The van der Waals surface area contributed by atoms with Crippen LogP contribution in [-0.4, -0.2) is 18.4 Å². The van der Waals surface area contributed by atoms with Gasteiger partial charge < -0.3 is 10.2 Å². The number of anilines is 2. The van der Waals surface area contributed by atoms with E-state index in [-0.39, 0.29) is 24.2 Å². The van der Waals surface area contributed by atoms with Crippen LogP contribution in [0.25, 0.3) is 0 Å². The number of aryl methyl sites for hydroxylation is 2. The van der Waals surface area contributed by atoms with Gasteiger partial charge in [0.2, 0.25) is 11.8 Å². The number of nitrogens with one attached hydrogen (secondary N) is 1. The molecule has 2 amide bonds. The van der Waals surface area contributed by atoms with E-state index in [1.165, 1.54) is 5.56 Å². The molecular formula is C21H24N2O2. The largest absolute Gasteiger partial charge is 0.326 e. The highest BCUT2D eigenvalue weighted by molar-refractivity contribution is 6.03. The minimum Gasteiger partial charge on any atom is -0.326 e. The van der Waals surface area contributed by atoms with Gasteiger partial charge in [0.15, 0.2) is 0 Å². The Balaban J connectivity index is 1.73. The maximum Gasteiger partial charge on any atom is 0.229 e. The molecule has 25 heavy (non-hydrogen) atoms. The highest BCUT2D eigenvalue weighted by atomic mass is 16.2. The monoisotopic (exact) mass is 336 g/mol. The second-order valence-corrected chi connectivity index (χ2v) is 6.67. The van der Waals surface area contributed by atoms with Gasteiger partial charge in [-0.3, -0.25) is 9.59 Å². The van der Waals surface area contributed by atoms with E-state index in [1.54, 1.807) is 4.90 Å². The lowest BCUT2D eigenvalue weighted by atomic mass is 10.1. The topological polar surface area (TPSA) is 49.4 Å². The maximum atomic E-state index is 12.6. The number of carbonyl (C=O) groups is 2. The van der Waals surface area contributed by atoms with Crippen LogP contribution in [0.3, 0.4) is 0 Å². The molecule has 2 aromatic carbocycles. The highest BCUT2D eigenvalue weighted by Crippen LogP contribution is 2.30. The van der Waals surface area contributed by atoms with Crippen LogP contribution in [0.2, 0.25) is 0 Å². The molecule has 1 saturated heterocycles. The predicted molar refractivity (Wildman–Crippen MR) is 101 cm³/mol. The molecular weight excluding hydrogens is 312 g/mol. The summed E-state index contributed by atoms with van der Waals surface area (Å²) < 4.78 is 0. The van der Waals surface area contributed by atoms with E-state index in [2.05, 4.69) is 12.2 Å². The molecule has 0 radical (unpaired) electrons. The summed E-state index contributed by atoms with van der Waals surface area (Å²) in [6.07, 6.45) is 1.18. The molecule has 4 heteroatoms. The SMILES string of the molecule is CCc1cccc(NC(=O)[C@@H]2CC(=O)N(c3cccc(C)c3C)C2)c1. The smallest absolute Gasteiger partial charge is 0.229 e. The Labute approximate surface area is 148 Å². The van der Waals surface area contributed by atoms with Crippen LogP contribution >= 0.6 is 0 Å². The number of hydrogen-bond donors (Lipinski definition) is 1. The van der Waals surface area contributed by atoms with Gasteiger partial charge in [-0.1, -0.05) is 31.2 Å². The minimum absolute atomic E-state index is 0.0103. The van der Waals surface area contributed by atoms with E-state index in [4.69, 9.17) is 0 Å². The number of rotatable bonds is 4. The van der Waals surface area contributed by atoms with Gasteiger partial charge in [-0.15, -0.1) is 0 Å². The Hall–Kier alpha value is -2.62. The van der Waals surface area contributed by atoms with E-state index in [0.717, 1.165) is 28.9 Å². The second kappa shape index (κ2) is 7.09. The van der Waals surface area contributed by atoms with Crippen LogP contribution in [0.15, 0.2) is 42.5 Å². The molecule has 1 atom stereocenters. The first-order valence-corrected chi connectivity index (χ1v) is 8.76. The molecule has 0 saturated carbocycles. The third kappa shape index (κ3) is 3.58. The number of hydrogen-bond acceptors (Lipinski definition) is 2. The molecule has 0 bridgehead atoms. The lowest BCUT2D eigenvalue weighted by Crippen LogP contribution is -2.28. The van der Waals surface area contributed by atoms with Gasteiger partial charge >= 0.3 is 0 Å². The summed E-state index contributed by atoms with van der Waals surface area (Å²) in [5.41, 5.74) is 5.12. The number of carbonyl (C=O) groups excluding carboxylic acids is 2. The zero-order chi connectivity index (χ0) is 18.0. The molecule has 1 aliphatic rings. The summed E-state index contributed by atoms with van der Waals surface area (Å²) in [5, 5.41) is 2.96. The molecule has 130 valence electrons. The lowest BCUT2D eigenvalue weighted by Gasteiger charge is -2.20. The molecule has 1 heterocycles. The van der Waals surface area contributed by atoms with Gasteiger partial charge in [-0.25, -0.2) is 0 Å². The molecule has 0 aliphatic carbocycles. The van der Waals surface area contributed by atoms with Crippen LogP contribution in [0.5, 0.6) is 0 Å². The van der Waals surface area contributed by atoms with Crippen molar-refractivity contribution < 1.29 is 9.59 Å². The zero-order valence-corrected chi connectivity index (χ0v) is 15.0. The molecule has 1 N–H and O–H groups in total. The van der Waals surface area contributed by atoms with Crippen LogP contribution in [0.4, 0.5) is 11.4 Å². The zero-order valence-electron chi connectivity index (χ0n) is 15.0. The average molecular weight is 336 g/mol. The number of benzene rings is 2.